The molecule has 0 saturated heterocycles. The van der Waals surface area contributed by atoms with E-state index in [0.29, 0.717) is 10.8 Å². The highest BCUT2D eigenvalue weighted by Crippen LogP contribution is 2.36. The van der Waals surface area contributed by atoms with Gasteiger partial charge in [0.1, 0.15) is 11.5 Å². The third-order valence-electron chi connectivity index (χ3n) is 2.98. The number of ether oxygens (including phenoxy) is 1. The van der Waals surface area contributed by atoms with Crippen LogP contribution in [0.1, 0.15) is 18.5 Å². The summed E-state index contributed by atoms with van der Waals surface area (Å²) in [5.41, 5.74) is 1.07. The molecule has 5 heteroatoms. The summed E-state index contributed by atoms with van der Waals surface area (Å²) in [6, 6.07) is 11.7. The summed E-state index contributed by atoms with van der Waals surface area (Å²) in [4.78, 5) is 0. The summed E-state index contributed by atoms with van der Waals surface area (Å²) in [5.74, 6) is 1.42. The monoisotopic (exact) mass is 417 g/mol. The lowest BCUT2D eigenvalue weighted by atomic mass is 10.1. The second-order valence-corrected chi connectivity index (χ2v) is 6.61. The van der Waals surface area contributed by atoms with Gasteiger partial charge in [0.2, 0.25) is 0 Å². The van der Waals surface area contributed by atoms with Crippen LogP contribution >= 0.6 is 43.5 Å². The van der Waals surface area contributed by atoms with E-state index in [9.17, 15) is 0 Å². The molecule has 1 N–H and O–H groups in total. The summed E-state index contributed by atoms with van der Waals surface area (Å²) >= 11 is 13.1. The SMILES string of the molecule is CNC(C)c1cc(Br)ccc1Oc1cc(Br)ccc1Cl. The summed E-state index contributed by atoms with van der Waals surface area (Å²) in [5, 5.41) is 3.80. The molecule has 1 atom stereocenters. The molecule has 106 valence electrons. The lowest BCUT2D eigenvalue weighted by Gasteiger charge is -2.17. The van der Waals surface area contributed by atoms with Crippen molar-refractivity contribution in [1.29, 1.82) is 0 Å². The van der Waals surface area contributed by atoms with Gasteiger partial charge in [-0.05, 0) is 50.4 Å². The second-order valence-electron chi connectivity index (χ2n) is 4.37. The van der Waals surface area contributed by atoms with Crippen molar-refractivity contribution in [2.45, 2.75) is 13.0 Å². The standard InChI is InChI=1S/C15H14Br2ClNO/c1-9(19-2)12-7-10(16)4-6-14(12)20-15-8-11(17)3-5-13(15)18/h3-9,19H,1-2H3. The molecular formula is C15H14Br2ClNO. The van der Waals surface area contributed by atoms with E-state index in [1.165, 1.54) is 0 Å². The van der Waals surface area contributed by atoms with Gasteiger partial charge in [-0.1, -0.05) is 43.5 Å². The maximum Gasteiger partial charge on any atom is 0.147 e. The molecule has 2 aromatic rings. The lowest BCUT2D eigenvalue weighted by Crippen LogP contribution is -2.13. The van der Waals surface area contributed by atoms with Gasteiger partial charge in [-0.3, -0.25) is 0 Å². The van der Waals surface area contributed by atoms with E-state index in [2.05, 4.69) is 44.1 Å². The summed E-state index contributed by atoms with van der Waals surface area (Å²) < 4.78 is 7.92. The normalized spacial score (nSPS) is 12.2. The minimum Gasteiger partial charge on any atom is -0.455 e. The number of halogens is 3. The topological polar surface area (TPSA) is 21.3 Å². The molecule has 0 fully saturated rings. The van der Waals surface area contributed by atoms with E-state index in [4.69, 9.17) is 16.3 Å². The maximum absolute atomic E-state index is 6.17. The van der Waals surface area contributed by atoms with Gasteiger partial charge in [0, 0.05) is 20.6 Å². The molecule has 20 heavy (non-hydrogen) atoms. The number of hydrogen-bond acceptors (Lipinski definition) is 2. The highest BCUT2D eigenvalue weighted by atomic mass is 79.9. The molecule has 0 spiro atoms. The minimum absolute atomic E-state index is 0.174. The van der Waals surface area contributed by atoms with E-state index >= 15 is 0 Å². The largest absolute Gasteiger partial charge is 0.455 e. The van der Waals surface area contributed by atoms with Crippen LogP contribution in [0.5, 0.6) is 11.5 Å². The van der Waals surface area contributed by atoms with Crippen molar-refractivity contribution in [3.63, 3.8) is 0 Å². The Labute approximate surface area is 140 Å². The van der Waals surface area contributed by atoms with E-state index in [1.54, 1.807) is 6.07 Å². The van der Waals surface area contributed by atoms with E-state index in [0.717, 1.165) is 20.3 Å². The van der Waals surface area contributed by atoms with E-state index in [-0.39, 0.29) is 6.04 Å². The Balaban J connectivity index is 2.40. The van der Waals surface area contributed by atoms with Gasteiger partial charge < -0.3 is 10.1 Å². The molecule has 0 aliphatic rings. The highest BCUT2D eigenvalue weighted by Gasteiger charge is 2.13. The first-order chi connectivity index (χ1) is 9.51. The maximum atomic E-state index is 6.17. The molecule has 0 saturated carbocycles. The van der Waals surface area contributed by atoms with Crippen molar-refractivity contribution in [1.82, 2.24) is 5.32 Å². The minimum atomic E-state index is 0.174. The number of benzene rings is 2. The molecule has 2 aromatic carbocycles. The van der Waals surface area contributed by atoms with Crippen molar-refractivity contribution in [2.75, 3.05) is 7.05 Å². The second kappa shape index (κ2) is 6.94. The van der Waals surface area contributed by atoms with Crippen LogP contribution in [-0.2, 0) is 0 Å². The van der Waals surface area contributed by atoms with Crippen LogP contribution in [0.4, 0.5) is 0 Å². The van der Waals surface area contributed by atoms with Gasteiger partial charge in [-0.25, -0.2) is 0 Å². The molecule has 0 bridgehead atoms. The van der Waals surface area contributed by atoms with Crippen LogP contribution in [0.15, 0.2) is 45.3 Å². The van der Waals surface area contributed by atoms with Crippen LogP contribution in [0, 0.1) is 0 Å². The predicted octanol–water partition coefficient (Wildman–Crippen LogP) is 5.94. The highest BCUT2D eigenvalue weighted by molar-refractivity contribution is 9.10. The lowest BCUT2D eigenvalue weighted by molar-refractivity contribution is 0.466. The molecule has 0 aromatic heterocycles. The zero-order valence-corrected chi connectivity index (χ0v) is 15.0. The number of hydrogen-bond donors (Lipinski definition) is 1. The van der Waals surface area contributed by atoms with E-state index < -0.39 is 0 Å². The first kappa shape index (κ1) is 15.8. The van der Waals surface area contributed by atoms with Gasteiger partial charge in [0.15, 0.2) is 0 Å². The fourth-order valence-electron chi connectivity index (χ4n) is 1.78. The van der Waals surface area contributed by atoms with Crippen LogP contribution in [0.2, 0.25) is 5.02 Å². The average Bonchev–Trinajstić information content (AvgIpc) is 2.43. The van der Waals surface area contributed by atoms with Crippen molar-refractivity contribution in [2.24, 2.45) is 0 Å². The molecule has 0 amide bonds. The fraction of sp³-hybridized carbons (Fsp3) is 0.200. The molecule has 2 nitrogen and oxygen atoms in total. The Bertz CT molecular complexity index is 619. The third-order valence-corrected chi connectivity index (χ3v) is 4.28. The zero-order valence-electron chi connectivity index (χ0n) is 11.1. The summed E-state index contributed by atoms with van der Waals surface area (Å²) in [6.45, 7) is 2.08. The van der Waals surface area contributed by atoms with Crippen molar-refractivity contribution in [3.8, 4) is 11.5 Å². The van der Waals surface area contributed by atoms with Crippen LogP contribution in [0.25, 0.3) is 0 Å². The Morgan fingerprint density at radius 2 is 1.70 bits per heavy atom. The number of rotatable bonds is 4. The van der Waals surface area contributed by atoms with Gasteiger partial charge in [0.05, 0.1) is 5.02 Å². The van der Waals surface area contributed by atoms with Gasteiger partial charge in [-0.15, -0.1) is 0 Å². The summed E-state index contributed by atoms with van der Waals surface area (Å²) in [6.07, 6.45) is 0. The van der Waals surface area contributed by atoms with Crippen molar-refractivity contribution < 1.29 is 4.74 Å². The first-order valence-electron chi connectivity index (χ1n) is 6.11. The smallest absolute Gasteiger partial charge is 0.147 e. The molecule has 2 rings (SSSR count). The molecular weight excluding hydrogens is 405 g/mol. The molecule has 0 heterocycles. The van der Waals surface area contributed by atoms with Gasteiger partial charge in [0.25, 0.3) is 0 Å². The molecule has 1 unspecified atom stereocenters. The Hall–Kier alpha value is -0.550. The Morgan fingerprint density at radius 1 is 1.05 bits per heavy atom. The fourth-order valence-corrected chi connectivity index (χ4v) is 2.66. The van der Waals surface area contributed by atoms with Crippen LogP contribution in [-0.4, -0.2) is 7.05 Å². The molecule has 0 aliphatic carbocycles. The van der Waals surface area contributed by atoms with Gasteiger partial charge in [-0.2, -0.15) is 0 Å². The zero-order chi connectivity index (χ0) is 14.7. The third kappa shape index (κ3) is 3.76. The van der Waals surface area contributed by atoms with Crippen molar-refractivity contribution >= 4 is 43.5 Å². The van der Waals surface area contributed by atoms with Crippen LogP contribution < -0.4 is 10.1 Å². The molecule has 0 aliphatic heterocycles. The van der Waals surface area contributed by atoms with Gasteiger partial charge >= 0.3 is 0 Å². The van der Waals surface area contributed by atoms with E-state index in [1.807, 2.05) is 37.4 Å². The quantitative estimate of drug-likeness (QED) is 0.662. The van der Waals surface area contributed by atoms with Crippen molar-refractivity contribution in [3.05, 3.63) is 55.9 Å². The average molecular weight is 420 g/mol. The Morgan fingerprint density at radius 3 is 2.40 bits per heavy atom. The number of nitrogens with one attached hydrogen (secondary N) is 1. The first-order valence-corrected chi connectivity index (χ1v) is 8.07. The molecule has 0 radical (unpaired) electrons. The predicted molar refractivity (Wildman–Crippen MR) is 90.8 cm³/mol. The summed E-state index contributed by atoms with van der Waals surface area (Å²) in [7, 11) is 1.92. The Kier molecular flexibility index (Phi) is 5.49. The van der Waals surface area contributed by atoms with Crippen LogP contribution in [0.3, 0.4) is 0 Å².